The van der Waals surface area contributed by atoms with Crippen LogP contribution in [-0.2, 0) is 15.1 Å². The van der Waals surface area contributed by atoms with Crippen molar-refractivity contribution in [2.45, 2.75) is 52.6 Å². The van der Waals surface area contributed by atoms with Crippen molar-refractivity contribution in [2.75, 3.05) is 0 Å². The minimum absolute atomic E-state index is 0.224. The normalized spacial score (nSPS) is 16.2. The fourth-order valence-electron chi connectivity index (χ4n) is 1.98. The number of carbonyl (C=O) groups excluding carboxylic acids is 1. The first-order valence-electron chi connectivity index (χ1n) is 6.26. The molecule has 0 unspecified atom stereocenters. The van der Waals surface area contributed by atoms with Crippen molar-refractivity contribution in [1.82, 2.24) is 4.98 Å². The predicted octanol–water partition coefficient (Wildman–Crippen LogP) is 3.36. The van der Waals surface area contributed by atoms with Gasteiger partial charge in [0.2, 0.25) is 0 Å². The molecule has 1 fully saturated rings. The molecule has 0 amide bonds. The van der Waals surface area contributed by atoms with E-state index in [9.17, 15) is 4.79 Å². The first kappa shape index (κ1) is 13.7. The Bertz CT molecular complexity index is 384. The molecule has 3 nitrogen and oxygen atoms in total. The van der Waals surface area contributed by atoms with Gasteiger partial charge >= 0.3 is 5.97 Å². The highest BCUT2D eigenvalue weighted by Gasteiger charge is 2.43. The third-order valence-corrected chi connectivity index (χ3v) is 2.86. The summed E-state index contributed by atoms with van der Waals surface area (Å²) in [6, 6.07) is 5.85. The lowest BCUT2D eigenvalue weighted by atomic mass is 9.77. The number of hydrogen-bond acceptors (Lipinski definition) is 3. The van der Waals surface area contributed by atoms with Crippen molar-refractivity contribution in [3.8, 4) is 0 Å². The van der Waals surface area contributed by atoms with Gasteiger partial charge < -0.3 is 4.74 Å². The lowest BCUT2D eigenvalue weighted by Crippen LogP contribution is -2.39. The van der Waals surface area contributed by atoms with Crippen molar-refractivity contribution in [3.05, 3.63) is 29.6 Å². The number of hydrogen-bond donors (Lipinski definition) is 0. The van der Waals surface area contributed by atoms with Crippen LogP contribution < -0.4 is 0 Å². The van der Waals surface area contributed by atoms with E-state index in [1.807, 2.05) is 39.0 Å². The smallest absolute Gasteiger partial charge is 0.303 e. The molecule has 0 spiro atoms. The van der Waals surface area contributed by atoms with Crippen LogP contribution in [0.25, 0.3) is 0 Å². The fraction of sp³-hybridized carbons (Fsp3) is 0.571. The molecule has 1 heterocycles. The second-order valence-electron chi connectivity index (χ2n) is 4.11. The van der Waals surface area contributed by atoms with E-state index in [0.717, 1.165) is 30.7 Å². The number of ether oxygens (including phenoxy) is 1. The van der Waals surface area contributed by atoms with Gasteiger partial charge in [-0.1, -0.05) is 19.9 Å². The van der Waals surface area contributed by atoms with Crippen molar-refractivity contribution in [1.29, 1.82) is 0 Å². The Morgan fingerprint density at radius 1 is 1.35 bits per heavy atom. The molecule has 3 heteroatoms. The quantitative estimate of drug-likeness (QED) is 0.738. The lowest BCUT2D eigenvalue weighted by Gasteiger charge is -2.40. The van der Waals surface area contributed by atoms with Gasteiger partial charge in [0.1, 0.15) is 0 Å². The molecular formula is C14H21NO2. The summed E-state index contributed by atoms with van der Waals surface area (Å²) in [4.78, 5) is 15.5. The molecule has 0 atom stereocenters. The number of aromatic nitrogens is 1. The Kier molecular flexibility index (Phi) is 4.67. The van der Waals surface area contributed by atoms with Crippen LogP contribution in [0.1, 0.15) is 51.4 Å². The molecule has 1 aliphatic carbocycles. The molecule has 1 aromatic heterocycles. The Morgan fingerprint density at radius 3 is 2.41 bits per heavy atom. The van der Waals surface area contributed by atoms with Gasteiger partial charge in [0.25, 0.3) is 0 Å². The van der Waals surface area contributed by atoms with Gasteiger partial charge in [-0.25, -0.2) is 0 Å². The minimum Gasteiger partial charge on any atom is -0.453 e. The van der Waals surface area contributed by atoms with Crippen molar-refractivity contribution in [2.24, 2.45) is 0 Å². The van der Waals surface area contributed by atoms with Crippen LogP contribution in [0.5, 0.6) is 0 Å². The summed E-state index contributed by atoms with van der Waals surface area (Å²) >= 11 is 0. The van der Waals surface area contributed by atoms with E-state index >= 15 is 0 Å². The maximum Gasteiger partial charge on any atom is 0.303 e. The molecule has 0 N–H and O–H groups in total. The average Bonchev–Trinajstić information content (AvgIpc) is 2.26. The highest BCUT2D eigenvalue weighted by Crippen LogP contribution is 2.43. The summed E-state index contributed by atoms with van der Waals surface area (Å²) in [5.74, 6) is -0.224. The van der Waals surface area contributed by atoms with Gasteiger partial charge in [0.15, 0.2) is 5.60 Å². The van der Waals surface area contributed by atoms with Crippen LogP contribution in [0, 0.1) is 6.92 Å². The molecule has 0 bridgehead atoms. The SMILES string of the molecule is CC.CC(=O)OC1(c2cccc(C)n2)CCC1. The number of esters is 1. The highest BCUT2D eigenvalue weighted by molar-refractivity contribution is 5.66. The van der Waals surface area contributed by atoms with Crippen LogP contribution >= 0.6 is 0 Å². The van der Waals surface area contributed by atoms with Crippen molar-refractivity contribution >= 4 is 5.97 Å². The van der Waals surface area contributed by atoms with E-state index in [4.69, 9.17) is 4.74 Å². The zero-order valence-electron chi connectivity index (χ0n) is 11.1. The lowest BCUT2D eigenvalue weighted by molar-refractivity contribution is -0.169. The monoisotopic (exact) mass is 235 g/mol. The number of pyridine rings is 1. The van der Waals surface area contributed by atoms with Crippen molar-refractivity contribution in [3.63, 3.8) is 0 Å². The van der Waals surface area contributed by atoms with Gasteiger partial charge in [-0.15, -0.1) is 0 Å². The molecule has 94 valence electrons. The van der Waals surface area contributed by atoms with Crippen LogP contribution in [0.3, 0.4) is 0 Å². The summed E-state index contributed by atoms with van der Waals surface area (Å²) in [6.45, 7) is 7.40. The maximum absolute atomic E-state index is 11.1. The number of aryl methyl sites for hydroxylation is 1. The van der Waals surface area contributed by atoms with Gasteiger partial charge in [-0.2, -0.15) is 0 Å². The minimum atomic E-state index is -0.433. The molecule has 1 aromatic rings. The van der Waals surface area contributed by atoms with Crippen LogP contribution in [-0.4, -0.2) is 11.0 Å². The van der Waals surface area contributed by atoms with Crippen LogP contribution in [0.4, 0.5) is 0 Å². The largest absolute Gasteiger partial charge is 0.453 e. The summed E-state index contributed by atoms with van der Waals surface area (Å²) < 4.78 is 5.41. The Hall–Kier alpha value is -1.38. The summed E-state index contributed by atoms with van der Waals surface area (Å²) in [5.41, 5.74) is 1.42. The molecular weight excluding hydrogens is 214 g/mol. The molecule has 0 aromatic carbocycles. The van der Waals surface area contributed by atoms with Crippen LogP contribution in [0.2, 0.25) is 0 Å². The predicted molar refractivity (Wildman–Crippen MR) is 67.6 cm³/mol. The molecule has 0 saturated heterocycles. The third kappa shape index (κ3) is 3.05. The van der Waals surface area contributed by atoms with E-state index in [2.05, 4.69) is 4.98 Å². The second-order valence-corrected chi connectivity index (χ2v) is 4.11. The zero-order valence-corrected chi connectivity index (χ0v) is 11.1. The van der Waals surface area contributed by atoms with Crippen molar-refractivity contribution < 1.29 is 9.53 Å². The Balaban J connectivity index is 0.000000686. The first-order valence-corrected chi connectivity index (χ1v) is 6.26. The summed E-state index contributed by atoms with van der Waals surface area (Å²) in [6.07, 6.45) is 2.88. The molecule has 2 rings (SSSR count). The molecule has 17 heavy (non-hydrogen) atoms. The zero-order chi connectivity index (χ0) is 12.9. The van der Waals surface area contributed by atoms with E-state index in [1.54, 1.807) is 0 Å². The number of nitrogens with zero attached hydrogens (tertiary/aromatic N) is 1. The summed E-state index contributed by atoms with van der Waals surface area (Å²) in [7, 11) is 0. The maximum atomic E-state index is 11.1. The van der Waals surface area contributed by atoms with Gasteiger partial charge in [0.05, 0.1) is 5.69 Å². The number of carbonyl (C=O) groups is 1. The molecule has 0 radical (unpaired) electrons. The highest BCUT2D eigenvalue weighted by atomic mass is 16.6. The number of rotatable bonds is 2. The Labute approximate surface area is 103 Å². The third-order valence-electron chi connectivity index (χ3n) is 2.86. The first-order chi connectivity index (χ1) is 8.12. The van der Waals surface area contributed by atoms with E-state index in [1.165, 1.54) is 6.92 Å². The van der Waals surface area contributed by atoms with Crippen LogP contribution in [0.15, 0.2) is 18.2 Å². The fourth-order valence-corrected chi connectivity index (χ4v) is 1.98. The standard InChI is InChI=1S/C12H15NO2.C2H6/c1-9-5-3-6-11(13-9)12(7-4-8-12)15-10(2)14;1-2/h3,5-6H,4,7-8H2,1-2H3;1-2H3. The molecule has 1 saturated carbocycles. The van der Waals surface area contributed by atoms with Gasteiger partial charge in [-0.3, -0.25) is 9.78 Å². The summed E-state index contributed by atoms with van der Waals surface area (Å²) in [5, 5.41) is 0. The Morgan fingerprint density at radius 2 is 2.00 bits per heavy atom. The molecule has 0 aliphatic heterocycles. The topological polar surface area (TPSA) is 39.2 Å². The second kappa shape index (κ2) is 5.80. The average molecular weight is 235 g/mol. The van der Waals surface area contributed by atoms with E-state index in [-0.39, 0.29) is 5.97 Å². The van der Waals surface area contributed by atoms with Gasteiger partial charge in [-0.05, 0) is 38.3 Å². The van der Waals surface area contributed by atoms with E-state index in [0.29, 0.717) is 0 Å². The molecule has 1 aliphatic rings. The van der Waals surface area contributed by atoms with Gasteiger partial charge in [0, 0.05) is 12.6 Å². The van der Waals surface area contributed by atoms with E-state index < -0.39 is 5.60 Å².